The summed E-state index contributed by atoms with van der Waals surface area (Å²) in [7, 11) is 0. The molecular formula is C8H4Cl2FN3. The maximum atomic E-state index is 13.1. The second-order valence-corrected chi connectivity index (χ2v) is 3.28. The van der Waals surface area contributed by atoms with Crippen LogP contribution >= 0.6 is 23.2 Å². The summed E-state index contributed by atoms with van der Waals surface area (Å²) in [6, 6.07) is 1.21. The van der Waals surface area contributed by atoms with Gasteiger partial charge in [0.2, 0.25) is 0 Å². The van der Waals surface area contributed by atoms with Gasteiger partial charge in [0, 0.05) is 5.56 Å². The summed E-state index contributed by atoms with van der Waals surface area (Å²) in [5.41, 5.74) is 1.03. The largest absolute Gasteiger partial charge is 0.345 e. The molecule has 0 spiro atoms. The molecule has 0 atom stereocenters. The summed E-state index contributed by atoms with van der Waals surface area (Å²) >= 11 is 11.2. The van der Waals surface area contributed by atoms with Crippen molar-refractivity contribution in [3.8, 4) is 11.3 Å². The van der Waals surface area contributed by atoms with Crippen molar-refractivity contribution in [1.82, 2.24) is 15.0 Å². The number of aromatic amines is 1. The average molecular weight is 232 g/mol. The van der Waals surface area contributed by atoms with Crippen LogP contribution in [0, 0.1) is 5.82 Å². The van der Waals surface area contributed by atoms with Gasteiger partial charge in [-0.05, 0) is 6.07 Å². The Balaban J connectivity index is 2.60. The highest BCUT2D eigenvalue weighted by Crippen LogP contribution is 2.27. The van der Waals surface area contributed by atoms with Gasteiger partial charge >= 0.3 is 0 Å². The molecule has 14 heavy (non-hydrogen) atoms. The molecule has 2 aromatic heterocycles. The first-order valence-corrected chi connectivity index (χ1v) is 4.44. The fourth-order valence-corrected chi connectivity index (χ4v) is 1.46. The number of rotatable bonds is 1. The minimum absolute atomic E-state index is 0.139. The van der Waals surface area contributed by atoms with Gasteiger partial charge in [-0.1, -0.05) is 23.2 Å². The maximum Gasteiger partial charge on any atom is 0.166 e. The van der Waals surface area contributed by atoms with E-state index in [0.717, 1.165) is 0 Å². The lowest BCUT2D eigenvalue weighted by molar-refractivity contribution is 0.622. The topological polar surface area (TPSA) is 41.6 Å². The summed E-state index contributed by atoms with van der Waals surface area (Å²) in [5, 5.41) is -0.0982. The SMILES string of the molecule is Fc1cc(-c2cnc[nH]2)c(Cl)nc1Cl. The molecular weight excluding hydrogens is 228 g/mol. The third-order valence-corrected chi connectivity index (χ3v) is 2.23. The van der Waals surface area contributed by atoms with Crippen molar-refractivity contribution in [2.75, 3.05) is 0 Å². The Kier molecular flexibility index (Phi) is 2.39. The number of H-pyrrole nitrogens is 1. The van der Waals surface area contributed by atoms with E-state index in [1.165, 1.54) is 18.6 Å². The van der Waals surface area contributed by atoms with Crippen LogP contribution < -0.4 is 0 Å². The summed E-state index contributed by atoms with van der Waals surface area (Å²) in [5.74, 6) is -0.610. The zero-order valence-electron chi connectivity index (χ0n) is 6.76. The Bertz CT molecular complexity index is 456. The summed E-state index contributed by atoms with van der Waals surface area (Å²) in [6.45, 7) is 0. The fraction of sp³-hybridized carbons (Fsp3) is 0. The van der Waals surface area contributed by atoms with Crippen LogP contribution in [0.2, 0.25) is 10.3 Å². The second kappa shape index (κ2) is 3.55. The summed E-state index contributed by atoms with van der Waals surface area (Å²) in [6.07, 6.45) is 2.99. The molecule has 0 radical (unpaired) electrons. The first-order valence-electron chi connectivity index (χ1n) is 3.69. The molecule has 3 nitrogen and oxygen atoms in total. The number of hydrogen-bond donors (Lipinski definition) is 1. The van der Waals surface area contributed by atoms with Crippen LogP contribution in [-0.4, -0.2) is 15.0 Å². The molecule has 0 aromatic carbocycles. The highest BCUT2D eigenvalue weighted by molar-refractivity contribution is 6.34. The first-order chi connectivity index (χ1) is 6.68. The molecule has 2 heterocycles. The fourth-order valence-electron chi connectivity index (χ4n) is 1.04. The van der Waals surface area contributed by atoms with Gasteiger partial charge in [0.1, 0.15) is 5.15 Å². The monoisotopic (exact) mass is 231 g/mol. The highest BCUT2D eigenvalue weighted by Gasteiger charge is 2.11. The smallest absolute Gasteiger partial charge is 0.166 e. The zero-order chi connectivity index (χ0) is 10.1. The van der Waals surface area contributed by atoms with Crippen LogP contribution in [0.4, 0.5) is 4.39 Å². The third-order valence-electron chi connectivity index (χ3n) is 1.68. The van der Waals surface area contributed by atoms with Gasteiger partial charge in [-0.2, -0.15) is 0 Å². The van der Waals surface area contributed by atoms with E-state index in [0.29, 0.717) is 11.3 Å². The predicted octanol–water partition coefficient (Wildman–Crippen LogP) is 2.92. The van der Waals surface area contributed by atoms with Crippen LogP contribution in [0.1, 0.15) is 0 Å². The molecule has 0 saturated carbocycles. The van der Waals surface area contributed by atoms with E-state index in [9.17, 15) is 4.39 Å². The first kappa shape index (κ1) is 9.43. The molecule has 0 saturated heterocycles. The van der Waals surface area contributed by atoms with E-state index >= 15 is 0 Å². The minimum atomic E-state index is -0.610. The van der Waals surface area contributed by atoms with Crippen molar-refractivity contribution in [3.63, 3.8) is 0 Å². The quantitative estimate of drug-likeness (QED) is 0.768. The van der Waals surface area contributed by atoms with Crippen LogP contribution in [0.5, 0.6) is 0 Å². The Morgan fingerprint density at radius 1 is 1.29 bits per heavy atom. The number of nitrogens with zero attached hydrogens (tertiary/aromatic N) is 2. The molecule has 0 aliphatic rings. The molecule has 2 aromatic rings. The number of halogens is 3. The van der Waals surface area contributed by atoms with E-state index in [-0.39, 0.29) is 10.3 Å². The van der Waals surface area contributed by atoms with Gasteiger partial charge in [0.15, 0.2) is 11.0 Å². The highest BCUT2D eigenvalue weighted by atomic mass is 35.5. The van der Waals surface area contributed by atoms with E-state index in [4.69, 9.17) is 23.2 Å². The molecule has 0 bridgehead atoms. The minimum Gasteiger partial charge on any atom is -0.345 e. The lowest BCUT2D eigenvalue weighted by atomic mass is 10.2. The molecule has 0 unspecified atom stereocenters. The molecule has 6 heteroatoms. The van der Waals surface area contributed by atoms with E-state index in [1.807, 2.05) is 0 Å². The van der Waals surface area contributed by atoms with Crippen molar-refractivity contribution in [3.05, 3.63) is 34.7 Å². The number of nitrogens with one attached hydrogen (secondary N) is 1. The molecule has 1 N–H and O–H groups in total. The number of aromatic nitrogens is 3. The standard InChI is InChI=1S/C8H4Cl2FN3/c9-7-4(6-2-12-3-13-6)1-5(11)8(10)14-7/h1-3H,(H,12,13). The molecule has 0 amide bonds. The van der Waals surface area contributed by atoms with Gasteiger partial charge in [-0.15, -0.1) is 0 Å². The van der Waals surface area contributed by atoms with Gasteiger partial charge in [0.25, 0.3) is 0 Å². The van der Waals surface area contributed by atoms with Gasteiger partial charge < -0.3 is 4.98 Å². The number of imidazole rings is 1. The number of pyridine rings is 1. The van der Waals surface area contributed by atoms with E-state index < -0.39 is 5.82 Å². The van der Waals surface area contributed by atoms with Crippen molar-refractivity contribution >= 4 is 23.2 Å². The zero-order valence-corrected chi connectivity index (χ0v) is 8.27. The lowest BCUT2D eigenvalue weighted by Gasteiger charge is -2.01. The van der Waals surface area contributed by atoms with Gasteiger partial charge in [-0.3, -0.25) is 0 Å². The molecule has 0 aliphatic carbocycles. The lowest BCUT2D eigenvalue weighted by Crippen LogP contribution is -1.88. The Morgan fingerprint density at radius 3 is 2.71 bits per heavy atom. The normalized spacial score (nSPS) is 10.5. The molecule has 0 fully saturated rings. The van der Waals surface area contributed by atoms with Crippen molar-refractivity contribution < 1.29 is 4.39 Å². The van der Waals surface area contributed by atoms with E-state index in [2.05, 4.69) is 15.0 Å². The number of hydrogen-bond acceptors (Lipinski definition) is 2. The van der Waals surface area contributed by atoms with E-state index in [1.54, 1.807) is 0 Å². The van der Waals surface area contributed by atoms with Crippen molar-refractivity contribution in [1.29, 1.82) is 0 Å². The Morgan fingerprint density at radius 2 is 2.07 bits per heavy atom. The Labute approximate surface area is 88.9 Å². The van der Waals surface area contributed by atoms with Crippen LogP contribution in [0.25, 0.3) is 11.3 Å². The molecule has 2 rings (SSSR count). The summed E-state index contributed by atoms with van der Waals surface area (Å²) < 4.78 is 13.1. The maximum absolute atomic E-state index is 13.1. The van der Waals surface area contributed by atoms with Crippen LogP contribution in [0.3, 0.4) is 0 Å². The second-order valence-electron chi connectivity index (χ2n) is 2.56. The average Bonchev–Trinajstić information content (AvgIpc) is 2.64. The molecule has 0 aliphatic heterocycles. The van der Waals surface area contributed by atoms with Crippen LogP contribution in [0.15, 0.2) is 18.6 Å². The third kappa shape index (κ3) is 1.58. The van der Waals surface area contributed by atoms with Crippen molar-refractivity contribution in [2.24, 2.45) is 0 Å². The Hall–Kier alpha value is -1.13. The predicted molar refractivity (Wildman–Crippen MR) is 51.8 cm³/mol. The summed E-state index contributed by atoms with van der Waals surface area (Å²) in [4.78, 5) is 10.2. The van der Waals surface area contributed by atoms with Gasteiger partial charge in [0.05, 0.1) is 18.2 Å². The van der Waals surface area contributed by atoms with Crippen molar-refractivity contribution in [2.45, 2.75) is 0 Å². The molecule has 72 valence electrons. The van der Waals surface area contributed by atoms with Crippen LogP contribution in [-0.2, 0) is 0 Å². The van der Waals surface area contributed by atoms with Gasteiger partial charge in [-0.25, -0.2) is 14.4 Å².